The first-order chi connectivity index (χ1) is 17.3. The Kier molecular flexibility index (Phi) is 6.73. The summed E-state index contributed by atoms with van der Waals surface area (Å²) >= 11 is 0. The van der Waals surface area contributed by atoms with Gasteiger partial charge in [-0.2, -0.15) is 18.3 Å². The van der Waals surface area contributed by atoms with E-state index in [9.17, 15) is 35.9 Å². The molecule has 0 aliphatic carbocycles. The van der Waals surface area contributed by atoms with Gasteiger partial charge in [0.05, 0.1) is 30.7 Å². The molecule has 1 unspecified atom stereocenters. The van der Waals surface area contributed by atoms with Crippen LogP contribution in [0.15, 0.2) is 34.0 Å². The third-order valence-electron chi connectivity index (χ3n) is 6.49. The maximum atomic E-state index is 14.8. The molecule has 0 spiro atoms. The van der Waals surface area contributed by atoms with Crippen LogP contribution in [0.25, 0.3) is 10.8 Å². The molecule has 3 aromatic rings. The Labute approximate surface area is 205 Å². The van der Waals surface area contributed by atoms with Crippen LogP contribution in [0.4, 0.5) is 32.2 Å². The van der Waals surface area contributed by atoms with Gasteiger partial charge < -0.3 is 14.8 Å². The molecule has 8 nitrogen and oxygen atoms in total. The fraction of sp³-hybridized carbons (Fsp3) is 0.435. The number of nitrogens with zero attached hydrogens (tertiary/aromatic N) is 3. The third kappa shape index (κ3) is 4.22. The zero-order valence-corrected chi connectivity index (χ0v) is 19.8. The Morgan fingerprint density at radius 1 is 1.19 bits per heavy atom. The van der Waals surface area contributed by atoms with E-state index in [1.54, 1.807) is 0 Å². The minimum absolute atomic E-state index is 0.169. The molecule has 0 amide bonds. The van der Waals surface area contributed by atoms with Crippen molar-refractivity contribution in [1.82, 2.24) is 14.3 Å². The molecule has 4 rings (SSSR count). The van der Waals surface area contributed by atoms with Crippen LogP contribution in [0, 0.1) is 5.82 Å². The number of aryl methyl sites for hydroxylation is 1. The number of pyridine rings is 1. The lowest BCUT2D eigenvalue weighted by Gasteiger charge is -2.33. The van der Waals surface area contributed by atoms with Crippen molar-refractivity contribution in [3.63, 3.8) is 0 Å². The number of aromatic nitrogens is 3. The third-order valence-corrected chi connectivity index (χ3v) is 6.49. The van der Waals surface area contributed by atoms with E-state index in [1.807, 2.05) is 0 Å². The fourth-order valence-electron chi connectivity index (χ4n) is 4.47. The van der Waals surface area contributed by atoms with Crippen molar-refractivity contribution in [2.75, 3.05) is 25.6 Å². The summed E-state index contributed by atoms with van der Waals surface area (Å²) < 4.78 is 95.3. The van der Waals surface area contributed by atoms with Crippen LogP contribution in [-0.4, -0.2) is 40.8 Å². The average Bonchev–Trinajstić information content (AvgIpc) is 3.33. The Morgan fingerprint density at radius 3 is 2.43 bits per heavy atom. The Bertz CT molecular complexity index is 1460. The van der Waals surface area contributed by atoms with Crippen molar-refractivity contribution in [3.8, 4) is 5.75 Å². The van der Waals surface area contributed by atoms with Gasteiger partial charge in [-0.15, -0.1) is 0 Å². The van der Waals surface area contributed by atoms with Gasteiger partial charge in [-0.25, -0.2) is 17.9 Å². The zero-order valence-electron chi connectivity index (χ0n) is 19.8. The number of methoxy groups -OCH3 is 1. The van der Waals surface area contributed by atoms with Crippen LogP contribution in [0.1, 0.15) is 36.9 Å². The molecule has 2 atom stereocenters. The van der Waals surface area contributed by atoms with Gasteiger partial charge in [0.15, 0.2) is 17.1 Å². The van der Waals surface area contributed by atoms with Crippen LogP contribution in [0.5, 0.6) is 5.75 Å². The number of hydrogen-bond acceptors (Lipinski definition) is 6. The smallest absolute Gasteiger partial charge is 0.414 e. The minimum atomic E-state index is -4.90. The normalized spacial score (nSPS) is 19.0. The van der Waals surface area contributed by atoms with E-state index in [-0.39, 0.29) is 28.8 Å². The Hall–Kier alpha value is -3.55. The van der Waals surface area contributed by atoms with E-state index in [4.69, 9.17) is 9.47 Å². The first kappa shape index (κ1) is 26.5. The molecule has 0 saturated carbocycles. The molecular formula is C23H22F6N4O4. The maximum Gasteiger partial charge on any atom is 0.414 e. The second-order valence-corrected chi connectivity index (χ2v) is 8.65. The fourth-order valence-corrected chi connectivity index (χ4v) is 4.47. The molecule has 1 N–H and O–H groups in total. The van der Waals surface area contributed by atoms with Crippen molar-refractivity contribution in [3.05, 3.63) is 62.0 Å². The number of benzene rings is 1. The summed E-state index contributed by atoms with van der Waals surface area (Å²) in [5.41, 5.74) is -5.75. The molecule has 2 aromatic heterocycles. The number of halogens is 6. The summed E-state index contributed by atoms with van der Waals surface area (Å²) in [7, 11) is 2.27. The van der Waals surface area contributed by atoms with Gasteiger partial charge in [0, 0.05) is 31.8 Å². The number of rotatable bonds is 6. The number of alkyl halides is 5. The van der Waals surface area contributed by atoms with Crippen molar-refractivity contribution in [2.45, 2.75) is 37.5 Å². The summed E-state index contributed by atoms with van der Waals surface area (Å²) in [5.74, 6) is -2.01. The molecule has 1 aliphatic heterocycles. The van der Waals surface area contributed by atoms with Gasteiger partial charge in [-0.1, -0.05) is 18.2 Å². The number of ether oxygens (including phenoxy) is 2. The first-order valence-corrected chi connectivity index (χ1v) is 11.0. The van der Waals surface area contributed by atoms with Gasteiger partial charge in [0.25, 0.3) is 17.5 Å². The van der Waals surface area contributed by atoms with Crippen LogP contribution >= 0.6 is 0 Å². The van der Waals surface area contributed by atoms with Crippen LogP contribution in [-0.2, 0) is 17.3 Å². The summed E-state index contributed by atoms with van der Waals surface area (Å²) in [5, 5.41) is 6.26. The molecule has 1 fully saturated rings. The van der Waals surface area contributed by atoms with E-state index in [1.165, 1.54) is 26.1 Å². The molecule has 200 valence electrons. The van der Waals surface area contributed by atoms with E-state index in [0.717, 1.165) is 24.1 Å². The van der Waals surface area contributed by atoms with Gasteiger partial charge >= 0.3 is 6.18 Å². The van der Waals surface area contributed by atoms with E-state index < -0.39 is 65.5 Å². The largest absolute Gasteiger partial charge is 0.490 e. The molecule has 1 aliphatic rings. The highest BCUT2D eigenvalue weighted by molar-refractivity contribution is 5.94. The second-order valence-electron chi connectivity index (χ2n) is 8.65. The molecule has 3 heterocycles. The van der Waals surface area contributed by atoms with E-state index in [0.29, 0.717) is 4.57 Å². The van der Waals surface area contributed by atoms with Crippen LogP contribution < -0.4 is 21.2 Å². The topological polar surface area (TPSA) is 87.4 Å². The standard InChI is InChI=1S/C23H22F6N4O4/c1-11(12-5-4-6-13(16(12)24)18(25)26)30-19-14-9-33(22(23(27,28)29)7-8-37-10-22)21(35)17(36-3)15(14)20(34)32(2)31-19/h4-6,9,11,18H,7-8,10H2,1-3H3,(H,30,31)/t11-,22?/m1/s1. The second kappa shape index (κ2) is 9.39. The molecule has 37 heavy (non-hydrogen) atoms. The van der Waals surface area contributed by atoms with Crippen molar-refractivity contribution in [1.29, 1.82) is 0 Å². The highest BCUT2D eigenvalue weighted by atomic mass is 19.4. The van der Waals surface area contributed by atoms with Crippen molar-refractivity contribution in [2.24, 2.45) is 7.05 Å². The molecule has 1 saturated heterocycles. The molecular weight excluding hydrogens is 510 g/mol. The zero-order chi connectivity index (χ0) is 27.3. The van der Waals surface area contributed by atoms with Crippen LogP contribution in [0.3, 0.4) is 0 Å². The minimum Gasteiger partial charge on any atom is -0.490 e. The number of nitrogens with one attached hydrogen (secondary N) is 1. The van der Waals surface area contributed by atoms with E-state index >= 15 is 0 Å². The molecule has 14 heteroatoms. The van der Waals surface area contributed by atoms with Gasteiger partial charge in [-0.3, -0.25) is 14.2 Å². The monoisotopic (exact) mass is 532 g/mol. The summed E-state index contributed by atoms with van der Waals surface area (Å²) in [4.78, 5) is 26.1. The summed E-state index contributed by atoms with van der Waals surface area (Å²) in [6.45, 7) is 0.318. The molecule has 0 bridgehead atoms. The van der Waals surface area contributed by atoms with Gasteiger partial charge in [0.1, 0.15) is 11.2 Å². The lowest BCUT2D eigenvalue weighted by Crippen LogP contribution is -2.52. The van der Waals surface area contributed by atoms with Gasteiger partial charge in [-0.05, 0) is 6.92 Å². The van der Waals surface area contributed by atoms with Gasteiger partial charge in [0.2, 0.25) is 0 Å². The lowest BCUT2D eigenvalue weighted by atomic mass is 9.96. The number of anilines is 1. The number of fused-ring (bicyclic) bond motifs is 1. The van der Waals surface area contributed by atoms with Crippen molar-refractivity contribution >= 4 is 16.6 Å². The average molecular weight is 532 g/mol. The Morgan fingerprint density at radius 2 is 1.86 bits per heavy atom. The Balaban J connectivity index is 1.97. The quantitative estimate of drug-likeness (QED) is 0.483. The molecule has 1 aromatic carbocycles. The summed E-state index contributed by atoms with van der Waals surface area (Å²) in [6, 6.07) is 2.40. The predicted molar refractivity (Wildman–Crippen MR) is 121 cm³/mol. The lowest BCUT2D eigenvalue weighted by molar-refractivity contribution is -0.214. The maximum absolute atomic E-state index is 14.8. The van der Waals surface area contributed by atoms with Crippen LogP contribution in [0.2, 0.25) is 0 Å². The van der Waals surface area contributed by atoms with E-state index in [2.05, 4.69) is 10.4 Å². The first-order valence-electron chi connectivity index (χ1n) is 11.0. The summed E-state index contributed by atoms with van der Waals surface area (Å²) in [6.07, 6.45) is -7.69. The highest BCUT2D eigenvalue weighted by Gasteiger charge is 2.59. The highest BCUT2D eigenvalue weighted by Crippen LogP contribution is 2.43. The predicted octanol–water partition coefficient (Wildman–Crippen LogP) is 4.03. The van der Waals surface area contributed by atoms with Crippen molar-refractivity contribution < 1.29 is 35.8 Å². The SMILES string of the molecule is COc1c(=O)n(C2(C(F)(F)F)CCOC2)cc2c(N[C@H](C)c3cccc(C(F)F)c3F)nn(C)c(=O)c12. The molecule has 0 radical (unpaired) electrons. The number of hydrogen-bond donors (Lipinski definition) is 1.